The van der Waals surface area contributed by atoms with Crippen LogP contribution in [-0.2, 0) is 26.1 Å². The van der Waals surface area contributed by atoms with E-state index in [0.29, 0.717) is 29.4 Å². The summed E-state index contributed by atoms with van der Waals surface area (Å²) in [6, 6.07) is 17.1. The molecule has 2 N–H and O–H groups in total. The number of rotatable bonds is 8. The van der Waals surface area contributed by atoms with E-state index in [1.807, 2.05) is 24.3 Å². The Bertz CT molecular complexity index is 1180. The monoisotopic (exact) mass is 462 g/mol. The van der Waals surface area contributed by atoms with Crippen molar-refractivity contribution in [3.8, 4) is 23.0 Å². The molecule has 0 saturated carbocycles. The molecule has 0 aromatic heterocycles. The molecule has 7 heteroatoms. The molecule has 3 aromatic carbocycles. The van der Waals surface area contributed by atoms with Crippen LogP contribution < -0.4 is 19.5 Å². The van der Waals surface area contributed by atoms with Crippen molar-refractivity contribution < 1.29 is 24.1 Å². The maximum Gasteiger partial charge on any atom is 0.255 e. The van der Waals surface area contributed by atoms with Crippen molar-refractivity contribution in [2.24, 2.45) is 0 Å². The number of nitrogens with one attached hydrogen (secondary N) is 1. The van der Waals surface area contributed by atoms with Gasteiger partial charge in [0.25, 0.3) is 5.91 Å². The van der Waals surface area contributed by atoms with Crippen LogP contribution in [0, 0.1) is 0 Å². The van der Waals surface area contributed by atoms with Crippen LogP contribution in [0.1, 0.15) is 32.6 Å². The third-order valence-electron chi connectivity index (χ3n) is 6.19. The number of carbonyl (C=O) groups excluding carboxylic acids is 1. The van der Waals surface area contributed by atoms with Gasteiger partial charge >= 0.3 is 0 Å². The zero-order valence-corrected chi connectivity index (χ0v) is 19.8. The smallest absolute Gasteiger partial charge is 0.255 e. The first kappa shape index (κ1) is 23.4. The molecule has 0 bridgehead atoms. The van der Waals surface area contributed by atoms with Crippen LogP contribution in [0.5, 0.6) is 23.0 Å². The number of amides is 1. The Morgan fingerprint density at radius 1 is 0.941 bits per heavy atom. The molecule has 1 heterocycles. The van der Waals surface area contributed by atoms with Gasteiger partial charge in [0.05, 0.1) is 26.9 Å². The topological polar surface area (TPSA) is 80.3 Å². The minimum atomic E-state index is -0.220. The minimum Gasteiger partial charge on any atom is -0.504 e. The maximum atomic E-state index is 12.9. The van der Waals surface area contributed by atoms with E-state index >= 15 is 0 Å². The molecule has 1 amide bonds. The lowest BCUT2D eigenvalue weighted by molar-refractivity contribution is 0.0947. The molecular weight excluding hydrogens is 432 g/mol. The fourth-order valence-corrected chi connectivity index (χ4v) is 4.39. The van der Waals surface area contributed by atoms with Gasteiger partial charge in [-0.05, 0) is 52.9 Å². The van der Waals surface area contributed by atoms with Crippen molar-refractivity contribution in [1.82, 2.24) is 10.2 Å². The molecule has 3 aromatic rings. The first-order valence-electron chi connectivity index (χ1n) is 11.2. The van der Waals surface area contributed by atoms with Gasteiger partial charge in [0.1, 0.15) is 0 Å². The third-order valence-corrected chi connectivity index (χ3v) is 6.19. The normalized spacial score (nSPS) is 13.1. The van der Waals surface area contributed by atoms with Crippen molar-refractivity contribution in [2.75, 3.05) is 27.9 Å². The Kier molecular flexibility index (Phi) is 7.23. The number of methoxy groups -OCH3 is 3. The van der Waals surface area contributed by atoms with E-state index in [4.69, 9.17) is 14.2 Å². The molecule has 34 heavy (non-hydrogen) atoms. The fraction of sp³-hybridized carbons (Fsp3) is 0.296. The third kappa shape index (κ3) is 4.94. The highest BCUT2D eigenvalue weighted by molar-refractivity contribution is 5.97. The molecule has 0 radical (unpaired) electrons. The summed E-state index contributed by atoms with van der Waals surface area (Å²) in [6.45, 7) is 2.80. The predicted molar refractivity (Wildman–Crippen MR) is 130 cm³/mol. The largest absolute Gasteiger partial charge is 0.504 e. The zero-order chi connectivity index (χ0) is 24.1. The van der Waals surface area contributed by atoms with Crippen LogP contribution in [0.25, 0.3) is 0 Å². The molecule has 1 aliphatic heterocycles. The van der Waals surface area contributed by atoms with E-state index < -0.39 is 0 Å². The Morgan fingerprint density at radius 2 is 1.71 bits per heavy atom. The van der Waals surface area contributed by atoms with E-state index in [9.17, 15) is 9.90 Å². The van der Waals surface area contributed by atoms with Gasteiger partial charge in [-0.15, -0.1) is 0 Å². The number of carbonyl (C=O) groups is 1. The second-order valence-electron chi connectivity index (χ2n) is 8.25. The lowest BCUT2D eigenvalue weighted by atomic mass is 9.97. The average molecular weight is 463 g/mol. The second kappa shape index (κ2) is 10.5. The van der Waals surface area contributed by atoms with Gasteiger partial charge in [-0.1, -0.05) is 30.3 Å². The molecule has 7 nitrogen and oxygen atoms in total. The molecular formula is C27H30N2O5. The second-order valence-corrected chi connectivity index (χ2v) is 8.25. The Labute approximate surface area is 199 Å². The molecule has 0 fully saturated rings. The van der Waals surface area contributed by atoms with Gasteiger partial charge in [0, 0.05) is 26.2 Å². The van der Waals surface area contributed by atoms with Crippen LogP contribution in [-0.4, -0.2) is 43.8 Å². The van der Waals surface area contributed by atoms with Crippen molar-refractivity contribution >= 4 is 5.91 Å². The summed E-state index contributed by atoms with van der Waals surface area (Å²) in [4.78, 5) is 15.2. The van der Waals surface area contributed by atoms with Gasteiger partial charge in [-0.2, -0.15) is 0 Å². The first-order chi connectivity index (χ1) is 16.5. The molecule has 1 aliphatic rings. The summed E-state index contributed by atoms with van der Waals surface area (Å²) in [5, 5.41) is 13.2. The highest BCUT2D eigenvalue weighted by Crippen LogP contribution is 2.33. The average Bonchev–Trinajstić information content (AvgIpc) is 2.86. The van der Waals surface area contributed by atoms with E-state index in [1.165, 1.54) is 12.7 Å². The predicted octanol–water partition coefficient (Wildman–Crippen LogP) is 3.91. The van der Waals surface area contributed by atoms with E-state index in [1.54, 1.807) is 38.5 Å². The lowest BCUT2D eigenvalue weighted by Crippen LogP contribution is -2.31. The molecule has 0 aliphatic carbocycles. The molecule has 178 valence electrons. The summed E-state index contributed by atoms with van der Waals surface area (Å²) in [6.07, 6.45) is 0.889. The molecule has 4 rings (SSSR count). The fourth-order valence-electron chi connectivity index (χ4n) is 4.39. The van der Waals surface area contributed by atoms with Crippen LogP contribution in [0.2, 0.25) is 0 Å². The van der Waals surface area contributed by atoms with Crippen LogP contribution >= 0.6 is 0 Å². The van der Waals surface area contributed by atoms with Crippen molar-refractivity contribution in [1.29, 1.82) is 0 Å². The summed E-state index contributed by atoms with van der Waals surface area (Å²) in [7, 11) is 4.64. The Balaban J connectivity index is 1.45. The van der Waals surface area contributed by atoms with Crippen LogP contribution in [0.15, 0.2) is 54.6 Å². The number of benzene rings is 3. The number of ether oxygens (including phenoxy) is 3. The highest BCUT2D eigenvalue weighted by atomic mass is 16.5. The lowest BCUT2D eigenvalue weighted by Gasteiger charge is -2.30. The summed E-state index contributed by atoms with van der Waals surface area (Å²) >= 11 is 0. The molecule has 0 spiro atoms. The standard InChI is InChI=1S/C27H30N2O5/c1-32-24-10-6-9-22(26(24)34-3)27(31)28-15-19-7-4-5-8-20(19)16-29-12-11-18-14-25(33-2)23(30)13-21(18)17-29/h4-10,13-14,30H,11-12,15-17H2,1-3H3,(H,28,31). The highest BCUT2D eigenvalue weighted by Gasteiger charge is 2.20. The summed E-state index contributed by atoms with van der Waals surface area (Å²) in [5.74, 6) is 1.40. The van der Waals surface area contributed by atoms with Crippen molar-refractivity contribution in [3.05, 3.63) is 82.4 Å². The SMILES string of the molecule is COc1cc2c(cc1O)CN(Cc1ccccc1CNC(=O)c1cccc(OC)c1OC)CC2. The number of aromatic hydroxyl groups is 1. The Hall–Kier alpha value is -3.71. The maximum absolute atomic E-state index is 12.9. The molecule has 0 saturated heterocycles. The van der Waals surface area contributed by atoms with Gasteiger partial charge in [-0.25, -0.2) is 0 Å². The van der Waals surface area contributed by atoms with E-state index in [0.717, 1.165) is 42.7 Å². The van der Waals surface area contributed by atoms with E-state index in [-0.39, 0.29) is 11.7 Å². The van der Waals surface area contributed by atoms with Gasteiger partial charge in [0.2, 0.25) is 0 Å². The van der Waals surface area contributed by atoms with Crippen LogP contribution in [0.3, 0.4) is 0 Å². The van der Waals surface area contributed by atoms with E-state index in [2.05, 4.69) is 16.3 Å². The van der Waals surface area contributed by atoms with Gasteiger partial charge in [0.15, 0.2) is 23.0 Å². The molecule has 0 atom stereocenters. The van der Waals surface area contributed by atoms with Crippen molar-refractivity contribution in [3.63, 3.8) is 0 Å². The number of nitrogens with zero attached hydrogens (tertiary/aromatic N) is 1. The summed E-state index contributed by atoms with van der Waals surface area (Å²) < 4.78 is 15.9. The number of hydrogen-bond acceptors (Lipinski definition) is 6. The van der Waals surface area contributed by atoms with Crippen molar-refractivity contribution in [2.45, 2.75) is 26.1 Å². The summed E-state index contributed by atoms with van der Waals surface area (Å²) in [5.41, 5.74) is 4.96. The number of hydrogen-bond donors (Lipinski definition) is 2. The number of phenolic OH excluding ortho intramolecular Hbond substituents is 1. The quantitative estimate of drug-likeness (QED) is 0.529. The molecule has 0 unspecified atom stereocenters. The number of fused-ring (bicyclic) bond motifs is 1. The minimum absolute atomic E-state index is 0.166. The van der Waals surface area contributed by atoms with Gasteiger partial charge in [-0.3, -0.25) is 9.69 Å². The first-order valence-corrected chi connectivity index (χ1v) is 11.2. The van der Waals surface area contributed by atoms with Gasteiger partial charge < -0.3 is 24.6 Å². The zero-order valence-electron chi connectivity index (χ0n) is 19.8. The van der Waals surface area contributed by atoms with Crippen LogP contribution in [0.4, 0.5) is 0 Å². The number of phenols is 1. The Morgan fingerprint density at radius 3 is 2.44 bits per heavy atom. The number of para-hydroxylation sites is 1.